The van der Waals surface area contributed by atoms with E-state index < -0.39 is 18.5 Å². The maximum absolute atomic E-state index is 13.2. The number of carbonyl (C=O) groups is 2. The van der Waals surface area contributed by atoms with Crippen molar-refractivity contribution in [3.05, 3.63) is 24.3 Å². The molecule has 0 saturated heterocycles. The van der Waals surface area contributed by atoms with E-state index in [1.165, 1.54) is 4.90 Å². The van der Waals surface area contributed by atoms with Crippen molar-refractivity contribution in [3.8, 4) is 5.75 Å². The fraction of sp³-hybridized carbons (Fsp3) is 0.500. The molecule has 0 spiro atoms. The van der Waals surface area contributed by atoms with Gasteiger partial charge in [0.25, 0.3) is 0 Å². The van der Waals surface area contributed by atoms with E-state index in [-0.39, 0.29) is 37.5 Å². The summed E-state index contributed by atoms with van der Waals surface area (Å²) in [6, 6.07) is 6.40. The maximum atomic E-state index is 13.2. The zero-order chi connectivity index (χ0) is 17.0. The Bertz CT molecular complexity index is 564. The van der Waals surface area contributed by atoms with Gasteiger partial charge in [0.15, 0.2) is 6.61 Å². The third-order valence-electron chi connectivity index (χ3n) is 3.98. The molecule has 1 amide bonds. The Morgan fingerprint density at radius 1 is 1.26 bits per heavy atom. The minimum absolute atomic E-state index is 0.181. The Morgan fingerprint density at radius 3 is 2.35 bits per heavy atom. The maximum Gasteiger partial charge on any atom is 0.341 e. The van der Waals surface area contributed by atoms with E-state index in [9.17, 15) is 18.4 Å². The number of ether oxygens (including phenoxy) is 1. The summed E-state index contributed by atoms with van der Waals surface area (Å²) in [6.45, 7) is -0.440. The van der Waals surface area contributed by atoms with Gasteiger partial charge in [0.2, 0.25) is 11.8 Å². The first kappa shape index (κ1) is 17.2. The average Bonchev–Trinajstić information content (AvgIpc) is 2.52. The van der Waals surface area contributed by atoms with Gasteiger partial charge in [-0.1, -0.05) is 0 Å². The number of rotatable bonds is 5. The molecular weight excluding hydrogens is 308 g/mol. The van der Waals surface area contributed by atoms with Crippen molar-refractivity contribution in [3.63, 3.8) is 0 Å². The van der Waals surface area contributed by atoms with Crippen LogP contribution in [0.5, 0.6) is 5.75 Å². The van der Waals surface area contributed by atoms with Gasteiger partial charge in [-0.05, 0) is 37.1 Å². The van der Waals surface area contributed by atoms with Crippen LogP contribution in [0.2, 0.25) is 0 Å². The van der Waals surface area contributed by atoms with Crippen molar-refractivity contribution in [1.29, 1.82) is 0 Å². The third kappa shape index (κ3) is 4.64. The molecule has 0 unspecified atom stereocenters. The van der Waals surface area contributed by atoms with Crippen LogP contribution in [0, 0.1) is 5.92 Å². The number of halogens is 2. The number of nitrogens with zero attached hydrogens (tertiary/aromatic N) is 1. The lowest BCUT2D eigenvalue weighted by molar-refractivity contribution is -0.139. The van der Waals surface area contributed by atoms with E-state index in [1.807, 2.05) is 0 Å². The number of carbonyl (C=O) groups excluding carboxylic acids is 1. The molecular formula is C16H19F2NO4. The number of hydrogen-bond acceptors (Lipinski definition) is 3. The molecule has 1 aromatic carbocycles. The van der Waals surface area contributed by atoms with E-state index in [4.69, 9.17) is 9.84 Å². The van der Waals surface area contributed by atoms with Crippen LogP contribution in [-0.2, 0) is 9.59 Å². The molecule has 1 aliphatic rings. The number of aliphatic carboxylic acids is 1. The first-order valence-corrected chi connectivity index (χ1v) is 7.38. The number of carboxylic acid groups (broad SMARTS) is 1. The van der Waals surface area contributed by atoms with Crippen LogP contribution < -0.4 is 9.64 Å². The number of alkyl halides is 2. The van der Waals surface area contributed by atoms with E-state index in [0.29, 0.717) is 11.4 Å². The van der Waals surface area contributed by atoms with E-state index in [2.05, 4.69) is 0 Å². The second kappa shape index (κ2) is 6.93. The van der Waals surface area contributed by atoms with E-state index >= 15 is 0 Å². The molecule has 0 atom stereocenters. The van der Waals surface area contributed by atoms with Crippen LogP contribution in [0.1, 0.15) is 25.7 Å². The molecule has 0 aliphatic heterocycles. The lowest BCUT2D eigenvalue weighted by Gasteiger charge is -2.30. The van der Waals surface area contributed by atoms with Gasteiger partial charge in [0.1, 0.15) is 5.75 Å². The second-order valence-electron chi connectivity index (χ2n) is 5.70. The molecule has 1 saturated carbocycles. The van der Waals surface area contributed by atoms with Crippen molar-refractivity contribution in [2.24, 2.45) is 5.92 Å². The highest BCUT2D eigenvalue weighted by atomic mass is 19.3. The van der Waals surface area contributed by atoms with Gasteiger partial charge in [-0.2, -0.15) is 0 Å². The molecule has 7 heteroatoms. The number of amides is 1. The minimum Gasteiger partial charge on any atom is -0.482 e. The highest BCUT2D eigenvalue weighted by Crippen LogP contribution is 2.37. The SMILES string of the molecule is CN(C(=O)C1CCC(F)(F)CC1)c1ccc(OCC(=O)O)cc1. The smallest absolute Gasteiger partial charge is 0.341 e. The lowest BCUT2D eigenvalue weighted by atomic mass is 9.86. The minimum atomic E-state index is -2.65. The highest BCUT2D eigenvalue weighted by Gasteiger charge is 2.38. The summed E-state index contributed by atoms with van der Waals surface area (Å²) in [6.07, 6.45) is -0.121. The van der Waals surface area contributed by atoms with Crippen LogP contribution in [0.4, 0.5) is 14.5 Å². The topological polar surface area (TPSA) is 66.8 Å². The Morgan fingerprint density at radius 2 is 1.83 bits per heavy atom. The molecule has 0 bridgehead atoms. The zero-order valence-electron chi connectivity index (χ0n) is 12.8. The van der Waals surface area contributed by atoms with Gasteiger partial charge in [-0.15, -0.1) is 0 Å². The predicted molar refractivity (Wildman–Crippen MR) is 79.9 cm³/mol. The van der Waals surface area contributed by atoms with Crippen LogP contribution in [-0.4, -0.2) is 36.6 Å². The second-order valence-corrected chi connectivity index (χ2v) is 5.70. The van der Waals surface area contributed by atoms with Crippen molar-refractivity contribution in [2.75, 3.05) is 18.6 Å². The Labute approximate surface area is 132 Å². The first-order chi connectivity index (χ1) is 10.8. The highest BCUT2D eigenvalue weighted by molar-refractivity contribution is 5.94. The summed E-state index contributed by atoms with van der Waals surface area (Å²) in [7, 11) is 1.60. The molecule has 1 N–H and O–H groups in total. The van der Waals surface area contributed by atoms with Crippen molar-refractivity contribution >= 4 is 17.6 Å². The molecule has 2 rings (SSSR count). The zero-order valence-corrected chi connectivity index (χ0v) is 12.8. The van der Waals surface area contributed by atoms with Gasteiger partial charge in [0, 0.05) is 31.5 Å². The van der Waals surface area contributed by atoms with Gasteiger partial charge < -0.3 is 14.7 Å². The Kier molecular flexibility index (Phi) is 5.18. The third-order valence-corrected chi connectivity index (χ3v) is 3.98. The standard InChI is InChI=1S/C16H19F2NO4/c1-19(15(22)11-6-8-16(17,18)9-7-11)12-2-4-13(5-3-12)23-10-14(20)21/h2-5,11H,6-10H2,1H3,(H,20,21). The molecule has 1 aromatic rings. The summed E-state index contributed by atoms with van der Waals surface area (Å²) in [5, 5.41) is 8.54. The summed E-state index contributed by atoms with van der Waals surface area (Å²) in [5.41, 5.74) is 0.606. The van der Waals surface area contributed by atoms with Crippen molar-refractivity contribution < 1.29 is 28.2 Å². The largest absolute Gasteiger partial charge is 0.482 e. The average molecular weight is 327 g/mol. The summed E-state index contributed by atoms with van der Waals surface area (Å²) in [5.74, 6) is -3.91. The van der Waals surface area contributed by atoms with E-state index in [0.717, 1.165) is 0 Å². The fourth-order valence-corrected chi connectivity index (χ4v) is 2.60. The summed E-state index contributed by atoms with van der Waals surface area (Å²) >= 11 is 0. The van der Waals surface area contributed by atoms with Crippen LogP contribution in [0.3, 0.4) is 0 Å². The van der Waals surface area contributed by atoms with Gasteiger partial charge in [0.05, 0.1) is 0 Å². The number of carboxylic acids is 1. The monoisotopic (exact) mass is 327 g/mol. The number of benzene rings is 1. The van der Waals surface area contributed by atoms with Gasteiger partial charge in [-0.25, -0.2) is 13.6 Å². The predicted octanol–water partition coefficient (Wildman–Crippen LogP) is 2.94. The quantitative estimate of drug-likeness (QED) is 0.903. The molecule has 0 aromatic heterocycles. The molecule has 1 aliphatic carbocycles. The number of anilines is 1. The van der Waals surface area contributed by atoms with Gasteiger partial charge >= 0.3 is 5.97 Å². The van der Waals surface area contributed by atoms with Crippen LogP contribution in [0.25, 0.3) is 0 Å². The van der Waals surface area contributed by atoms with Crippen molar-refractivity contribution in [1.82, 2.24) is 0 Å². The molecule has 126 valence electrons. The fourth-order valence-electron chi connectivity index (χ4n) is 2.60. The van der Waals surface area contributed by atoms with E-state index in [1.54, 1.807) is 31.3 Å². The first-order valence-electron chi connectivity index (χ1n) is 7.38. The molecule has 0 radical (unpaired) electrons. The summed E-state index contributed by atoms with van der Waals surface area (Å²) in [4.78, 5) is 24.2. The molecule has 1 fully saturated rings. The van der Waals surface area contributed by atoms with Crippen LogP contribution >= 0.6 is 0 Å². The molecule has 5 nitrogen and oxygen atoms in total. The molecule has 0 heterocycles. The Hall–Kier alpha value is -2.18. The van der Waals surface area contributed by atoms with Crippen LogP contribution in [0.15, 0.2) is 24.3 Å². The van der Waals surface area contributed by atoms with Gasteiger partial charge in [-0.3, -0.25) is 4.79 Å². The molecule has 23 heavy (non-hydrogen) atoms. The Balaban J connectivity index is 1.95. The normalized spacial score (nSPS) is 17.5. The lowest BCUT2D eigenvalue weighted by Crippen LogP contribution is -2.37. The summed E-state index contributed by atoms with van der Waals surface area (Å²) < 4.78 is 31.3. The van der Waals surface area contributed by atoms with Crippen molar-refractivity contribution in [2.45, 2.75) is 31.6 Å². The number of hydrogen-bond donors (Lipinski definition) is 1.